The lowest BCUT2D eigenvalue weighted by Gasteiger charge is -2.17. The number of hydrogen-bond donors (Lipinski definition) is 2. The minimum absolute atomic E-state index is 0.178. The number of nitrogens with one attached hydrogen (secondary N) is 1. The number of amides is 1. The highest BCUT2D eigenvalue weighted by Crippen LogP contribution is 2.04. The van der Waals surface area contributed by atoms with Crippen molar-refractivity contribution in [2.75, 3.05) is 6.61 Å². The van der Waals surface area contributed by atoms with Crippen LogP contribution in [0.15, 0.2) is 0 Å². The van der Waals surface area contributed by atoms with E-state index in [9.17, 15) is 4.79 Å². The van der Waals surface area contributed by atoms with E-state index in [2.05, 4.69) is 5.48 Å². The standard InChI is InChI=1S/C10H22N2O2/c1-5-8(4)9(11)10(13)12-14-6-7(2)3/h7-9H,5-6,11H2,1-4H3,(H,12,13)/t8?,9-/m0/s1. The largest absolute Gasteiger partial charge is 0.320 e. The van der Waals surface area contributed by atoms with Gasteiger partial charge in [0, 0.05) is 0 Å². The molecular formula is C10H22N2O2. The maximum absolute atomic E-state index is 11.4. The van der Waals surface area contributed by atoms with Crippen LogP contribution in [-0.2, 0) is 9.63 Å². The quantitative estimate of drug-likeness (QED) is 0.633. The van der Waals surface area contributed by atoms with E-state index in [1.807, 2.05) is 27.7 Å². The van der Waals surface area contributed by atoms with Crippen molar-refractivity contribution in [1.82, 2.24) is 5.48 Å². The van der Waals surface area contributed by atoms with Crippen LogP contribution in [0.1, 0.15) is 34.1 Å². The summed E-state index contributed by atoms with van der Waals surface area (Å²) in [6, 6.07) is -0.479. The lowest BCUT2D eigenvalue weighted by molar-refractivity contribution is -0.136. The molecule has 1 amide bonds. The SMILES string of the molecule is CCC(C)[C@H](N)C(=O)NOCC(C)C. The highest BCUT2D eigenvalue weighted by Gasteiger charge is 2.19. The molecular weight excluding hydrogens is 180 g/mol. The molecule has 0 aromatic carbocycles. The molecule has 0 spiro atoms. The van der Waals surface area contributed by atoms with E-state index in [4.69, 9.17) is 10.6 Å². The van der Waals surface area contributed by atoms with Crippen molar-refractivity contribution in [3.05, 3.63) is 0 Å². The molecule has 14 heavy (non-hydrogen) atoms. The van der Waals surface area contributed by atoms with Crippen LogP contribution in [0.2, 0.25) is 0 Å². The Morgan fingerprint density at radius 3 is 2.43 bits per heavy atom. The second kappa shape index (κ2) is 6.79. The van der Waals surface area contributed by atoms with Gasteiger partial charge in [-0.2, -0.15) is 0 Å². The van der Waals surface area contributed by atoms with Gasteiger partial charge < -0.3 is 5.73 Å². The summed E-state index contributed by atoms with van der Waals surface area (Å²) in [7, 11) is 0. The molecule has 0 fully saturated rings. The average molecular weight is 202 g/mol. The fraction of sp³-hybridized carbons (Fsp3) is 0.900. The molecule has 84 valence electrons. The van der Waals surface area contributed by atoms with Gasteiger partial charge in [0.1, 0.15) is 0 Å². The first kappa shape index (κ1) is 13.4. The molecule has 1 unspecified atom stereocenters. The summed E-state index contributed by atoms with van der Waals surface area (Å²) in [6.45, 7) is 8.50. The number of hydrogen-bond acceptors (Lipinski definition) is 3. The molecule has 0 radical (unpaired) electrons. The molecule has 4 heteroatoms. The first-order valence-electron chi connectivity index (χ1n) is 5.16. The number of nitrogens with two attached hydrogens (primary N) is 1. The molecule has 0 rings (SSSR count). The highest BCUT2D eigenvalue weighted by atomic mass is 16.7. The van der Waals surface area contributed by atoms with E-state index in [1.54, 1.807) is 0 Å². The van der Waals surface area contributed by atoms with Crippen LogP contribution in [0, 0.1) is 11.8 Å². The third-order valence-electron chi connectivity index (χ3n) is 2.15. The van der Waals surface area contributed by atoms with Crippen molar-refractivity contribution in [3.63, 3.8) is 0 Å². The Balaban J connectivity index is 3.73. The van der Waals surface area contributed by atoms with Crippen molar-refractivity contribution in [1.29, 1.82) is 0 Å². The summed E-state index contributed by atoms with van der Waals surface area (Å²) in [4.78, 5) is 16.4. The molecule has 0 aliphatic carbocycles. The van der Waals surface area contributed by atoms with Crippen molar-refractivity contribution in [2.24, 2.45) is 17.6 Å². The van der Waals surface area contributed by atoms with Gasteiger partial charge >= 0.3 is 0 Å². The molecule has 2 atom stereocenters. The van der Waals surface area contributed by atoms with Crippen LogP contribution < -0.4 is 11.2 Å². The summed E-state index contributed by atoms with van der Waals surface area (Å²) >= 11 is 0. The average Bonchev–Trinajstić information content (AvgIpc) is 2.14. The molecule has 0 aromatic heterocycles. The Kier molecular flexibility index (Phi) is 6.49. The predicted molar refractivity (Wildman–Crippen MR) is 56.4 cm³/mol. The zero-order valence-electron chi connectivity index (χ0n) is 9.54. The Morgan fingerprint density at radius 1 is 1.43 bits per heavy atom. The predicted octanol–water partition coefficient (Wildman–Crippen LogP) is 1.06. The molecule has 0 aliphatic heterocycles. The monoisotopic (exact) mass is 202 g/mol. The van der Waals surface area contributed by atoms with Crippen LogP contribution in [0.5, 0.6) is 0 Å². The molecule has 0 aromatic rings. The van der Waals surface area contributed by atoms with E-state index in [-0.39, 0.29) is 11.8 Å². The van der Waals surface area contributed by atoms with Crippen LogP contribution in [-0.4, -0.2) is 18.6 Å². The maximum atomic E-state index is 11.4. The molecule has 0 saturated carbocycles. The second-order valence-corrected chi connectivity index (χ2v) is 4.08. The van der Waals surface area contributed by atoms with Crippen LogP contribution >= 0.6 is 0 Å². The summed E-state index contributed by atoms with van der Waals surface area (Å²) in [5, 5.41) is 0. The third kappa shape index (κ3) is 5.19. The smallest absolute Gasteiger partial charge is 0.260 e. The first-order valence-corrected chi connectivity index (χ1v) is 5.16. The molecule has 4 nitrogen and oxygen atoms in total. The zero-order valence-corrected chi connectivity index (χ0v) is 9.54. The first-order chi connectivity index (χ1) is 6.49. The van der Waals surface area contributed by atoms with E-state index in [0.29, 0.717) is 12.5 Å². The van der Waals surface area contributed by atoms with Gasteiger partial charge in [0.25, 0.3) is 5.91 Å². The molecule has 0 aliphatic rings. The molecule has 0 saturated heterocycles. The fourth-order valence-electron chi connectivity index (χ4n) is 0.860. The van der Waals surface area contributed by atoms with Gasteiger partial charge in [-0.05, 0) is 11.8 Å². The topological polar surface area (TPSA) is 64.4 Å². The van der Waals surface area contributed by atoms with Crippen molar-refractivity contribution in [3.8, 4) is 0 Å². The number of hydroxylamine groups is 1. The van der Waals surface area contributed by atoms with E-state index < -0.39 is 6.04 Å². The van der Waals surface area contributed by atoms with Gasteiger partial charge in [-0.15, -0.1) is 0 Å². The Morgan fingerprint density at radius 2 is 2.00 bits per heavy atom. The number of carbonyl (C=O) groups excluding carboxylic acids is 1. The normalized spacial score (nSPS) is 15.3. The molecule has 3 N–H and O–H groups in total. The van der Waals surface area contributed by atoms with Crippen molar-refractivity contribution in [2.45, 2.75) is 40.2 Å². The van der Waals surface area contributed by atoms with Gasteiger partial charge in [0.05, 0.1) is 12.6 Å². The Labute approximate surface area is 86.1 Å². The Hall–Kier alpha value is -0.610. The van der Waals surface area contributed by atoms with Crippen LogP contribution in [0.4, 0.5) is 0 Å². The van der Waals surface area contributed by atoms with E-state index >= 15 is 0 Å². The Bertz CT molecular complexity index is 172. The number of rotatable bonds is 6. The third-order valence-corrected chi connectivity index (χ3v) is 2.15. The lowest BCUT2D eigenvalue weighted by atomic mass is 10.00. The fourth-order valence-corrected chi connectivity index (χ4v) is 0.860. The minimum Gasteiger partial charge on any atom is -0.320 e. The molecule has 0 bridgehead atoms. The van der Waals surface area contributed by atoms with Crippen molar-refractivity contribution >= 4 is 5.91 Å². The zero-order chi connectivity index (χ0) is 11.1. The van der Waals surface area contributed by atoms with Crippen LogP contribution in [0.3, 0.4) is 0 Å². The van der Waals surface area contributed by atoms with Crippen molar-refractivity contribution < 1.29 is 9.63 Å². The molecule has 0 heterocycles. The lowest BCUT2D eigenvalue weighted by Crippen LogP contribution is -2.44. The van der Waals surface area contributed by atoms with Gasteiger partial charge in [0.15, 0.2) is 0 Å². The van der Waals surface area contributed by atoms with Gasteiger partial charge in [0.2, 0.25) is 0 Å². The second-order valence-electron chi connectivity index (χ2n) is 4.08. The number of carbonyl (C=O) groups is 1. The summed E-state index contributed by atoms with van der Waals surface area (Å²) in [5.41, 5.74) is 8.06. The summed E-state index contributed by atoms with van der Waals surface area (Å²) in [5.74, 6) is 0.341. The highest BCUT2D eigenvalue weighted by molar-refractivity contribution is 5.80. The van der Waals surface area contributed by atoms with Gasteiger partial charge in [-0.3, -0.25) is 9.63 Å². The van der Waals surface area contributed by atoms with E-state index in [1.165, 1.54) is 0 Å². The van der Waals surface area contributed by atoms with Gasteiger partial charge in [-0.1, -0.05) is 34.1 Å². The van der Waals surface area contributed by atoms with Crippen LogP contribution in [0.25, 0.3) is 0 Å². The van der Waals surface area contributed by atoms with E-state index in [0.717, 1.165) is 6.42 Å². The summed E-state index contributed by atoms with van der Waals surface area (Å²) in [6.07, 6.45) is 0.888. The maximum Gasteiger partial charge on any atom is 0.260 e. The van der Waals surface area contributed by atoms with Gasteiger partial charge in [-0.25, -0.2) is 5.48 Å². The minimum atomic E-state index is -0.479. The summed E-state index contributed by atoms with van der Waals surface area (Å²) < 4.78 is 0.